The van der Waals surface area contributed by atoms with Crippen LogP contribution in [-0.4, -0.2) is 47.2 Å². The number of benzene rings is 1. The quantitative estimate of drug-likeness (QED) is 0.865. The van der Waals surface area contributed by atoms with E-state index in [4.69, 9.17) is 4.74 Å². The fourth-order valence-corrected chi connectivity index (χ4v) is 3.88. The minimum absolute atomic E-state index is 0.107. The highest BCUT2D eigenvalue weighted by Gasteiger charge is 2.25. The van der Waals surface area contributed by atoms with Crippen molar-refractivity contribution in [2.45, 2.75) is 46.4 Å². The predicted molar refractivity (Wildman–Crippen MR) is 109 cm³/mol. The topological polar surface area (TPSA) is 70.3 Å². The maximum atomic E-state index is 12.8. The number of amides is 1. The Morgan fingerprint density at radius 1 is 1.21 bits per heavy atom. The van der Waals surface area contributed by atoms with Gasteiger partial charge in [0.25, 0.3) is 0 Å². The number of aromatic nitrogens is 1. The fourth-order valence-electron chi connectivity index (χ4n) is 3.88. The standard InChI is InChI=1S/C22H28N4O2/c1-15-11-25(12-16(2)28-15)14-21(27)24-22-20(10-23)17(3)18(4)26(22)13-19-8-6-5-7-9-19/h5-9,15-16H,11-14H2,1-4H3,(H,24,27)/t15-,16-/m0/s1. The first-order valence-electron chi connectivity index (χ1n) is 9.70. The van der Waals surface area contributed by atoms with Crippen molar-refractivity contribution >= 4 is 11.7 Å². The smallest absolute Gasteiger partial charge is 0.239 e. The van der Waals surface area contributed by atoms with Crippen molar-refractivity contribution in [2.75, 3.05) is 25.0 Å². The van der Waals surface area contributed by atoms with E-state index in [-0.39, 0.29) is 24.7 Å². The zero-order chi connectivity index (χ0) is 20.3. The minimum Gasteiger partial charge on any atom is -0.373 e. The van der Waals surface area contributed by atoms with Crippen molar-refractivity contribution in [3.63, 3.8) is 0 Å². The lowest BCUT2D eigenvalue weighted by Crippen LogP contribution is -2.48. The van der Waals surface area contributed by atoms with Crippen LogP contribution >= 0.6 is 0 Å². The van der Waals surface area contributed by atoms with Gasteiger partial charge in [0.2, 0.25) is 5.91 Å². The summed E-state index contributed by atoms with van der Waals surface area (Å²) >= 11 is 0. The van der Waals surface area contributed by atoms with Gasteiger partial charge >= 0.3 is 0 Å². The van der Waals surface area contributed by atoms with E-state index in [1.807, 2.05) is 62.6 Å². The molecule has 0 saturated carbocycles. The number of morpholine rings is 1. The summed E-state index contributed by atoms with van der Waals surface area (Å²) in [4.78, 5) is 14.9. The summed E-state index contributed by atoms with van der Waals surface area (Å²) in [6.07, 6.45) is 0.218. The van der Waals surface area contributed by atoms with Crippen LogP contribution in [0.1, 0.15) is 36.2 Å². The summed E-state index contributed by atoms with van der Waals surface area (Å²) in [5, 5.41) is 12.7. The summed E-state index contributed by atoms with van der Waals surface area (Å²) in [5.41, 5.74) is 3.55. The van der Waals surface area contributed by atoms with Crippen molar-refractivity contribution in [1.29, 1.82) is 5.26 Å². The first-order valence-corrected chi connectivity index (χ1v) is 9.70. The molecule has 3 rings (SSSR count). The Kier molecular flexibility index (Phi) is 6.18. The molecule has 1 saturated heterocycles. The van der Waals surface area contributed by atoms with Crippen LogP contribution in [0, 0.1) is 25.2 Å². The molecule has 0 aliphatic carbocycles. The van der Waals surface area contributed by atoms with Gasteiger partial charge in [-0.25, -0.2) is 0 Å². The van der Waals surface area contributed by atoms with Crippen molar-refractivity contribution < 1.29 is 9.53 Å². The van der Waals surface area contributed by atoms with E-state index in [1.54, 1.807) is 0 Å². The molecule has 6 heteroatoms. The van der Waals surface area contributed by atoms with Gasteiger partial charge in [0.05, 0.1) is 24.3 Å². The van der Waals surface area contributed by atoms with Crippen LogP contribution < -0.4 is 5.32 Å². The first-order chi connectivity index (χ1) is 13.4. The second-order valence-corrected chi connectivity index (χ2v) is 7.62. The van der Waals surface area contributed by atoms with Crippen molar-refractivity contribution in [3.8, 4) is 6.07 Å². The van der Waals surface area contributed by atoms with Gasteiger partial charge in [-0.1, -0.05) is 30.3 Å². The average Bonchev–Trinajstić information content (AvgIpc) is 2.85. The molecule has 1 amide bonds. The lowest BCUT2D eigenvalue weighted by Gasteiger charge is -2.34. The number of rotatable bonds is 5. The summed E-state index contributed by atoms with van der Waals surface area (Å²) in [5.74, 6) is 0.477. The minimum atomic E-state index is -0.107. The van der Waals surface area contributed by atoms with E-state index in [1.165, 1.54) is 0 Å². The van der Waals surface area contributed by atoms with Gasteiger partial charge in [-0.05, 0) is 38.8 Å². The number of hydrogen-bond acceptors (Lipinski definition) is 4. The van der Waals surface area contributed by atoms with Crippen LogP contribution in [0.2, 0.25) is 0 Å². The molecule has 0 radical (unpaired) electrons. The molecular weight excluding hydrogens is 352 g/mol. The zero-order valence-electron chi connectivity index (χ0n) is 17.0. The van der Waals surface area contributed by atoms with Crippen LogP contribution in [0.4, 0.5) is 5.82 Å². The summed E-state index contributed by atoms with van der Waals surface area (Å²) in [6, 6.07) is 12.3. The monoisotopic (exact) mass is 380 g/mol. The predicted octanol–water partition coefficient (Wildman–Crippen LogP) is 3.07. The second kappa shape index (κ2) is 8.59. The molecule has 1 N–H and O–H groups in total. The summed E-state index contributed by atoms with van der Waals surface area (Å²) < 4.78 is 7.76. The number of carbonyl (C=O) groups excluding carboxylic acids is 1. The molecule has 0 unspecified atom stereocenters. The van der Waals surface area contributed by atoms with Gasteiger partial charge in [0.15, 0.2) is 0 Å². The maximum absolute atomic E-state index is 12.8. The van der Waals surface area contributed by atoms with E-state index in [2.05, 4.69) is 16.3 Å². The molecule has 0 spiro atoms. The fraction of sp³-hybridized carbons (Fsp3) is 0.455. The van der Waals surface area contributed by atoms with Crippen LogP contribution in [-0.2, 0) is 16.1 Å². The molecule has 2 aromatic rings. The Bertz CT molecular complexity index is 872. The average molecular weight is 380 g/mol. The Balaban J connectivity index is 1.81. The second-order valence-electron chi connectivity index (χ2n) is 7.62. The number of nitriles is 1. The molecule has 1 aromatic heterocycles. The number of carbonyl (C=O) groups is 1. The molecule has 1 fully saturated rings. The van der Waals surface area contributed by atoms with Crippen molar-refractivity contribution in [2.24, 2.45) is 0 Å². The zero-order valence-corrected chi connectivity index (χ0v) is 17.0. The highest BCUT2D eigenvalue weighted by atomic mass is 16.5. The van der Waals surface area contributed by atoms with Gasteiger partial charge in [-0.3, -0.25) is 9.69 Å². The number of hydrogen-bond donors (Lipinski definition) is 1. The molecule has 148 valence electrons. The normalized spacial score (nSPS) is 20.0. The maximum Gasteiger partial charge on any atom is 0.239 e. The van der Waals surface area contributed by atoms with Gasteiger partial charge in [0, 0.05) is 25.3 Å². The Morgan fingerprint density at radius 3 is 2.46 bits per heavy atom. The lowest BCUT2D eigenvalue weighted by molar-refractivity contribution is -0.121. The number of nitrogens with one attached hydrogen (secondary N) is 1. The van der Waals surface area contributed by atoms with Gasteiger partial charge in [0.1, 0.15) is 11.9 Å². The highest BCUT2D eigenvalue weighted by molar-refractivity contribution is 5.93. The van der Waals surface area contributed by atoms with Crippen LogP contribution in [0.15, 0.2) is 30.3 Å². The number of anilines is 1. The van der Waals surface area contributed by atoms with Gasteiger partial charge in [-0.2, -0.15) is 5.26 Å². The SMILES string of the molecule is Cc1c(C#N)c(NC(=O)CN2C[C@H](C)O[C@@H](C)C2)n(Cc2ccccc2)c1C. The van der Waals surface area contributed by atoms with E-state index in [0.29, 0.717) is 17.9 Å². The molecular formula is C22H28N4O2. The molecule has 0 bridgehead atoms. The third-order valence-electron chi connectivity index (χ3n) is 5.24. The first kappa shape index (κ1) is 20.1. The van der Waals surface area contributed by atoms with Crippen LogP contribution in [0.3, 0.4) is 0 Å². The Labute approximate surface area is 166 Å². The molecule has 28 heavy (non-hydrogen) atoms. The Hall–Kier alpha value is -2.62. The van der Waals surface area contributed by atoms with Crippen LogP contribution in [0.25, 0.3) is 0 Å². The molecule has 2 heterocycles. The van der Waals surface area contributed by atoms with E-state index >= 15 is 0 Å². The van der Waals surface area contributed by atoms with E-state index < -0.39 is 0 Å². The van der Waals surface area contributed by atoms with Gasteiger partial charge < -0.3 is 14.6 Å². The van der Waals surface area contributed by atoms with Crippen LogP contribution in [0.5, 0.6) is 0 Å². The van der Waals surface area contributed by atoms with Crippen molar-refractivity contribution in [3.05, 3.63) is 52.7 Å². The molecule has 2 atom stereocenters. The third kappa shape index (κ3) is 4.44. The molecule has 1 aliphatic heterocycles. The van der Waals surface area contributed by atoms with Crippen molar-refractivity contribution in [1.82, 2.24) is 9.47 Å². The molecule has 1 aromatic carbocycles. The Morgan fingerprint density at radius 2 is 1.86 bits per heavy atom. The lowest BCUT2D eigenvalue weighted by atomic mass is 10.2. The van der Waals surface area contributed by atoms with E-state index in [9.17, 15) is 10.1 Å². The number of nitrogens with zero attached hydrogens (tertiary/aromatic N) is 3. The summed E-state index contributed by atoms with van der Waals surface area (Å²) in [7, 11) is 0. The van der Waals surface area contributed by atoms with E-state index in [0.717, 1.165) is 29.9 Å². The molecule has 1 aliphatic rings. The molecule has 6 nitrogen and oxygen atoms in total. The highest BCUT2D eigenvalue weighted by Crippen LogP contribution is 2.27. The summed E-state index contributed by atoms with van der Waals surface area (Å²) in [6.45, 7) is 10.3. The number of ether oxygens (including phenoxy) is 1. The largest absolute Gasteiger partial charge is 0.373 e. The third-order valence-corrected chi connectivity index (χ3v) is 5.24. The van der Waals surface area contributed by atoms with Gasteiger partial charge in [-0.15, -0.1) is 0 Å².